The highest BCUT2D eigenvalue weighted by Crippen LogP contribution is 2.35. The summed E-state index contributed by atoms with van der Waals surface area (Å²) < 4.78 is 15.7. The van der Waals surface area contributed by atoms with Gasteiger partial charge in [-0.05, 0) is 47.4 Å². The Morgan fingerprint density at radius 3 is 2.39 bits per heavy atom. The van der Waals surface area contributed by atoms with Crippen LogP contribution in [-0.2, 0) is 17.9 Å². The van der Waals surface area contributed by atoms with Crippen LogP contribution in [0, 0.1) is 12.7 Å². The molecule has 1 N–H and O–H groups in total. The van der Waals surface area contributed by atoms with Gasteiger partial charge in [-0.1, -0.05) is 90.5 Å². The van der Waals surface area contributed by atoms with Gasteiger partial charge in [0.2, 0.25) is 5.91 Å². The summed E-state index contributed by atoms with van der Waals surface area (Å²) in [5.74, 6) is -0.321. The highest BCUT2D eigenvalue weighted by molar-refractivity contribution is 5.86. The molecule has 0 spiro atoms. The molecule has 5 rings (SSSR count). The predicted molar refractivity (Wildman–Crippen MR) is 143 cm³/mol. The standard InChI is InChI=1S/C32H29FN2O/c1-23-8-7-11-26(18-23)29(19-32(36)34-20-24-9-3-2-4-10-24)30-22-35(31-13-6-5-12-28(30)31)21-25-14-16-27(33)17-15-25/h2-18,22,29H,19-21H2,1H3,(H,34,36)/t29-/m1/s1. The van der Waals surface area contributed by atoms with Crippen LogP contribution < -0.4 is 5.32 Å². The first kappa shape index (κ1) is 23.6. The van der Waals surface area contributed by atoms with Crippen molar-refractivity contribution in [2.24, 2.45) is 0 Å². The van der Waals surface area contributed by atoms with Crippen LogP contribution in [0.15, 0.2) is 109 Å². The normalized spacial score (nSPS) is 11.9. The second-order valence-corrected chi connectivity index (χ2v) is 9.29. The van der Waals surface area contributed by atoms with E-state index in [1.54, 1.807) is 0 Å². The van der Waals surface area contributed by atoms with E-state index in [2.05, 4.69) is 59.4 Å². The fraction of sp³-hybridized carbons (Fsp3) is 0.156. The van der Waals surface area contributed by atoms with Gasteiger partial charge in [-0.25, -0.2) is 4.39 Å². The zero-order valence-corrected chi connectivity index (χ0v) is 20.3. The lowest BCUT2D eigenvalue weighted by atomic mass is 9.87. The smallest absolute Gasteiger partial charge is 0.221 e. The lowest BCUT2D eigenvalue weighted by molar-refractivity contribution is -0.121. The number of fused-ring (bicyclic) bond motifs is 1. The van der Waals surface area contributed by atoms with Crippen molar-refractivity contribution in [1.29, 1.82) is 0 Å². The molecule has 5 aromatic rings. The van der Waals surface area contributed by atoms with E-state index in [0.717, 1.165) is 38.7 Å². The number of nitrogens with one attached hydrogen (secondary N) is 1. The van der Waals surface area contributed by atoms with Crippen molar-refractivity contribution >= 4 is 16.8 Å². The Balaban J connectivity index is 1.49. The van der Waals surface area contributed by atoms with E-state index >= 15 is 0 Å². The average molecular weight is 477 g/mol. The number of rotatable bonds is 8. The fourth-order valence-corrected chi connectivity index (χ4v) is 4.82. The van der Waals surface area contributed by atoms with Crippen molar-refractivity contribution < 1.29 is 9.18 Å². The number of aryl methyl sites for hydroxylation is 1. The molecule has 0 fully saturated rings. The predicted octanol–water partition coefficient (Wildman–Crippen LogP) is 6.98. The molecule has 0 bridgehead atoms. The van der Waals surface area contributed by atoms with Crippen LogP contribution in [0.2, 0.25) is 0 Å². The Morgan fingerprint density at radius 2 is 1.61 bits per heavy atom. The van der Waals surface area contributed by atoms with E-state index in [0.29, 0.717) is 19.5 Å². The molecule has 36 heavy (non-hydrogen) atoms. The molecular weight excluding hydrogens is 447 g/mol. The van der Waals surface area contributed by atoms with Crippen molar-refractivity contribution in [1.82, 2.24) is 9.88 Å². The Morgan fingerprint density at radius 1 is 0.861 bits per heavy atom. The van der Waals surface area contributed by atoms with Gasteiger partial charge in [0, 0.05) is 42.5 Å². The molecule has 0 aliphatic rings. The summed E-state index contributed by atoms with van der Waals surface area (Å²) in [6, 6.07) is 33.3. The SMILES string of the molecule is Cc1cccc([C@@H](CC(=O)NCc2ccccc2)c2cn(Cc3ccc(F)cc3)c3ccccc23)c1. The highest BCUT2D eigenvalue weighted by Gasteiger charge is 2.23. The molecule has 1 atom stereocenters. The fourth-order valence-electron chi connectivity index (χ4n) is 4.82. The molecule has 1 heterocycles. The average Bonchev–Trinajstić information content (AvgIpc) is 3.26. The molecule has 0 unspecified atom stereocenters. The van der Waals surface area contributed by atoms with Crippen molar-refractivity contribution in [3.05, 3.63) is 143 Å². The van der Waals surface area contributed by atoms with Crippen LogP contribution in [0.25, 0.3) is 10.9 Å². The minimum atomic E-state index is -0.238. The molecule has 0 saturated heterocycles. The van der Waals surface area contributed by atoms with Crippen LogP contribution in [0.3, 0.4) is 0 Å². The maximum absolute atomic E-state index is 13.5. The van der Waals surface area contributed by atoms with Crippen LogP contribution >= 0.6 is 0 Å². The van der Waals surface area contributed by atoms with E-state index in [4.69, 9.17) is 0 Å². The third-order valence-electron chi connectivity index (χ3n) is 6.63. The number of carbonyl (C=O) groups excluding carboxylic acids is 1. The first-order valence-corrected chi connectivity index (χ1v) is 12.3. The number of nitrogens with zero attached hydrogens (tertiary/aromatic N) is 1. The second-order valence-electron chi connectivity index (χ2n) is 9.29. The first-order chi connectivity index (χ1) is 17.6. The summed E-state index contributed by atoms with van der Waals surface area (Å²) in [5, 5.41) is 4.23. The minimum Gasteiger partial charge on any atom is -0.352 e. The van der Waals surface area contributed by atoms with E-state index < -0.39 is 0 Å². The summed E-state index contributed by atoms with van der Waals surface area (Å²) in [6.07, 6.45) is 2.51. The summed E-state index contributed by atoms with van der Waals surface area (Å²) in [6.45, 7) is 3.21. The Labute approximate surface area is 211 Å². The van der Waals surface area contributed by atoms with Gasteiger partial charge in [-0.15, -0.1) is 0 Å². The Hall–Kier alpha value is -4.18. The van der Waals surface area contributed by atoms with E-state index in [9.17, 15) is 9.18 Å². The lowest BCUT2D eigenvalue weighted by Gasteiger charge is -2.18. The Kier molecular flexibility index (Phi) is 6.94. The molecule has 0 saturated carbocycles. The molecular formula is C32H29FN2O. The number of halogens is 1. The third-order valence-corrected chi connectivity index (χ3v) is 6.63. The van der Waals surface area contributed by atoms with Gasteiger partial charge in [0.05, 0.1) is 0 Å². The van der Waals surface area contributed by atoms with Gasteiger partial charge in [-0.3, -0.25) is 4.79 Å². The van der Waals surface area contributed by atoms with Gasteiger partial charge >= 0.3 is 0 Å². The van der Waals surface area contributed by atoms with Crippen LogP contribution in [0.5, 0.6) is 0 Å². The van der Waals surface area contributed by atoms with Gasteiger partial charge in [0.15, 0.2) is 0 Å². The van der Waals surface area contributed by atoms with Crippen LogP contribution in [-0.4, -0.2) is 10.5 Å². The minimum absolute atomic E-state index is 0.0146. The first-order valence-electron chi connectivity index (χ1n) is 12.3. The molecule has 0 aliphatic carbocycles. The van der Waals surface area contributed by atoms with Gasteiger partial charge in [0.1, 0.15) is 5.82 Å². The molecule has 1 amide bonds. The van der Waals surface area contributed by atoms with Crippen molar-refractivity contribution in [2.75, 3.05) is 0 Å². The molecule has 1 aromatic heterocycles. The number of carbonyl (C=O) groups is 1. The quantitative estimate of drug-likeness (QED) is 0.258. The van der Waals surface area contributed by atoms with Gasteiger partial charge in [0.25, 0.3) is 0 Å². The molecule has 0 aliphatic heterocycles. The van der Waals surface area contributed by atoms with E-state index in [-0.39, 0.29) is 17.6 Å². The van der Waals surface area contributed by atoms with Crippen molar-refractivity contribution in [3.63, 3.8) is 0 Å². The molecule has 4 aromatic carbocycles. The summed E-state index contributed by atoms with van der Waals surface area (Å²) in [7, 11) is 0. The van der Waals surface area contributed by atoms with Crippen molar-refractivity contribution in [3.8, 4) is 0 Å². The highest BCUT2D eigenvalue weighted by atomic mass is 19.1. The van der Waals surface area contributed by atoms with Crippen LogP contribution in [0.4, 0.5) is 4.39 Å². The summed E-state index contributed by atoms with van der Waals surface area (Å²) >= 11 is 0. The number of aromatic nitrogens is 1. The molecule has 4 heteroatoms. The zero-order valence-electron chi connectivity index (χ0n) is 20.3. The third kappa shape index (κ3) is 5.38. The number of para-hydroxylation sites is 1. The summed E-state index contributed by atoms with van der Waals surface area (Å²) in [5.41, 5.74) is 6.60. The zero-order chi connectivity index (χ0) is 24.9. The maximum Gasteiger partial charge on any atom is 0.221 e. The molecule has 3 nitrogen and oxygen atoms in total. The van der Waals surface area contributed by atoms with Gasteiger partial charge < -0.3 is 9.88 Å². The van der Waals surface area contributed by atoms with E-state index in [1.807, 2.05) is 54.6 Å². The molecule has 180 valence electrons. The summed E-state index contributed by atoms with van der Waals surface area (Å²) in [4.78, 5) is 13.2. The second kappa shape index (κ2) is 10.6. The number of hydrogen-bond acceptors (Lipinski definition) is 1. The van der Waals surface area contributed by atoms with Gasteiger partial charge in [-0.2, -0.15) is 0 Å². The molecule has 0 radical (unpaired) electrons. The van der Waals surface area contributed by atoms with Crippen LogP contribution in [0.1, 0.15) is 40.2 Å². The number of hydrogen-bond donors (Lipinski definition) is 1. The van der Waals surface area contributed by atoms with E-state index in [1.165, 1.54) is 12.1 Å². The number of benzene rings is 4. The topological polar surface area (TPSA) is 34.0 Å². The Bertz CT molecular complexity index is 1470. The number of amides is 1. The largest absolute Gasteiger partial charge is 0.352 e. The maximum atomic E-state index is 13.5. The monoisotopic (exact) mass is 476 g/mol. The lowest BCUT2D eigenvalue weighted by Crippen LogP contribution is -2.25. The van der Waals surface area contributed by atoms with Crippen molar-refractivity contribution in [2.45, 2.75) is 32.4 Å².